The Morgan fingerprint density at radius 3 is 2.78 bits per heavy atom. The summed E-state index contributed by atoms with van der Waals surface area (Å²) in [5.41, 5.74) is 0.677. The van der Waals surface area contributed by atoms with Crippen molar-refractivity contribution in [1.82, 2.24) is 9.88 Å². The molecule has 3 rings (SSSR count). The van der Waals surface area contributed by atoms with E-state index in [1.165, 1.54) is 11.3 Å². The van der Waals surface area contributed by atoms with Crippen molar-refractivity contribution in [2.24, 2.45) is 0 Å². The fourth-order valence-electron chi connectivity index (χ4n) is 2.55. The number of hydrogen-bond donors (Lipinski definition) is 0. The highest BCUT2D eigenvalue weighted by Crippen LogP contribution is 2.22. The third-order valence-corrected chi connectivity index (χ3v) is 4.24. The van der Waals surface area contributed by atoms with Gasteiger partial charge in [-0.05, 0) is 38.1 Å². The minimum atomic E-state index is 0.0219. The fraction of sp³-hybridized carbons (Fsp3) is 0.412. The SMILES string of the molecule is CC(C)Oc1ccc(C(=O)N2CCC(Oc3nccs3)C2)cc1. The zero-order valence-electron chi connectivity index (χ0n) is 13.3. The Balaban J connectivity index is 1.58. The number of nitrogens with zero attached hydrogens (tertiary/aromatic N) is 2. The highest BCUT2D eigenvalue weighted by atomic mass is 32.1. The van der Waals surface area contributed by atoms with E-state index in [2.05, 4.69) is 4.98 Å². The summed E-state index contributed by atoms with van der Waals surface area (Å²) in [6, 6.07) is 7.31. The van der Waals surface area contributed by atoms with Crippen LogP contribution in [0.25, 0.3) is 0 Å². The van der Waals surface area contributed by atoms with Gasteiger partial charge in [-0.2, -0.15) is 0 Å². The number of likely N-dealkylation sites (tertiary alicyclic amines) is 1. The van der Waals surface area contributed by atoms with Gasteiger partial charge in [0.1, 0.15) is 11.9 Å². The van der Waals surface area contributed by atoms with Crippen LogP contribution >= 0.6 is 11.3 Å². The van der Waals surface area contributed by atoms with Crippen molar-refractivity contribution in [3.05, 3.63) is 41.4 Å². The molecule has 1 aromatic carbocycles. The maximum atomic E-state index is 12.5. The first-order valence-electron chi connectivity index (χ1n) is 7.74. The van der Waals surface area contributed by atoms with E-state index >= 15 is 0 Å². The Labute approximate surface area is 139 Å². The maximum absolute atomic E-state index is 12.5. The lowest BCUT2D eigenvalue weighted by molar-refractivity contribution is 0.0772. The predicted octanol–water partition coefficient (Wildman–Crippen LogP) is 3.22. The summed E-state index contributed by atoms with van der Waals surface area (Å²) in [5, 5.41) is 2.55. The minimum Gasteiger partial charge on any atom is -0.491 e. The normalized spacial score (nSPS) is 17.5. The van der Waals surface area contributed by atoms with E-state index in [0.29, 0.717) is 23.8 Å². The van der Waals surface area contributed by atoms with Crippen LogP contribution in [0.4, 0.5) is 0 Å². The molecule has 0 radical (unpaired) electrons. The molecule has 1 atom stereocenters. The van der Waals surface area contributed by atoms with Crippen LogP contribution in [0.5, 0.6) is 10.9 Å². The molecule has 0 N–H and O–H groups in total. The molecule has 2 aromatic rings. The monoisotopic (exact) mass is 332 g/mol. The first-order chi connectivity index (χ1) is 11.1. The topological polar surface area (TPSA) is 51.7 Å². The van der Waals surface area contributed by atoms with E-state index in [1.807, 2.05) is 48.4 Å². The quantitative estimate of drug-likeness (QED) is 0.843. The molecule has 122 valence electrons. The number of rotatable bonds is 5. The minimum absolute atomic E-state index is 0.0219. The molecule has 0 spiro atoms. The van der Waals surface area contributed by atoms with Crippen molar-refractivity contribution in [1.29, 1.82) is 0 Å². The molecule has 1 fully saturated rings. The lowest BCUT2D eigenvalue weighted by atomic mass is 10.2. The van der Waals surface area contributed by atoms with E-state index in [0.717, 1.165) is 12.2 Å². The number of amides is 1. The zero-order chi connectivity index (χ0) is 16.2. The highest BCUT2D eigenvalue weighted by Gasteiger charge is 2.28. The molecule has 5 nitrogen and oxygen atoms in total. The molecule has 0 bridgehead atoms. The molecule has 1 aromatic heterocycles. The number of aromatic nitrogens is 1. The molecule has 6 heteroatoms. The van der Waals surface area contributed by atoms with Gasteiger partial charge in [-0.3, -0.25) is 4.79 Å². The largest absolute Gasteiger partial charge is 0.491 e. The summed E-state index contributed by atoms with van der Waals surface area (Å²) in [5.74, 6) is 0.814. The third-order valence-electron chi connectivity index (χ3n) is 3.58. The van der Waals surface area contributed by atoms with Crippen LogP contribution in [0.15, 0.2) is 35.8 Å². The predicted molar refractivity (Wildman–Crippen MR) is 89.3 cm³/mol. The van der Waals surface area contributed by atoms with Crippen molar-refractivity contribution >= 4 is 17.2 Å². The molecule has 2 heterocycles. The van der Waals surface area contributed by atoms with Gasteiger partial charge in [0.25, 0.3) is 11.1 Å². The number of hydrogen-bond acceptors (Lipinski definition) is 5. The Bertz CT molecular complexity index is 640. The summed E-state index contributed by atoms with van der Waals surface area (Å²) < 4.78 is 11.4. The van der Waals surface area contributed by atoms with Crippen LogP contribution in [0, 0.1) is 0 Å². The number of carbonyl (C=O) groups is 1. The van der Waals surface area contributed by atoms with Crippen LogP contribution in [0.1, 0.15) is 30.6 Å². The molecule has 1 unspecified atom stereocenters. The van der Waals surface area contributed by atoms with Crippen LogP contribution in [-0.2, 0) is 0 Å². The van der Waals surface area contributed by atoms with Crippen molar-refractivity contribution < 1.29 is 14.3 Å². The van der Waals surface area contributed by atoms with Gasteiger partial charge in [-0.25, -0.2) is 4.98 Å². The Kier molecular flexibility index (Phi) is 4.81. The second-order valence-electron chi connectivity index (χ2n) is 5.77. The Hall–Kier alpha value is -2.08. The maximum Gasteiger partial charge on any atom is 0.273 e. The van der Waals surface area contributed by atoms with E-state index in [9.17, 15) is 4.79 Å². The molecular weight excluding hydrogens is 312 g/mol. The van der Waals surface area contributed by atoms with E-state index in [-0.39, 0.29) is 18.1 Å². The number of ether oxygens (including phenoxy) is 2. The van der Waals surface area contributed by atoms with Crippen molar-refractivity contribution in [3.63, 3.8) is 0 Å². The van der Waals surface area contributed by atoms with Gasteiger partial charge in [-0.15, -0.1) is 0 Å². The van der Waals surface area contributed by atoms with Crippen LogP contribution in [0.2, 0.25) is 0 Å². The van der Waals surface area contributed by atoms with Gasteiger partial charge in [0, 0.05) is 30.1 Å². The Morgan fingerprint density at radius 1 is 1.35 bits per heavy atom. The summed E-state index contributed by atoms with van der Waals surface area (Å²) in [7, 11) is 0. The summed E-state index contributed by atoms with van der Waals surface area (Å²) >= 11 is 1.47. The second-order valence-corrected chi connectivity index (χ2v) is 6.63. The average Bonchev–Trinajstić information content (AvgIpc) is 3.19. The second kappa shape index (κ2) is 7.00. The van der Waals surface area contributed by atoms with Gasteiger partial charge in [-0.1, -0.05) is 11.3 Å². The smallest absolute Gasteiger partial charge is 0.273 e. The fourth-order valence-corrected chi connectivity index (χ4v) is 3.10. The molecule has 0 saturated carbocycles. The molecule has 1 aliphatic rings. The molecule has 0 aliphatic carbocycles. The van der Waals surface area contributed by atoms with Crippen LogP contribution < -0.4 is 9.47 Å². The molecule has 1 amide bonds. The van der Waals surface area contributed by atoms with E-state index in [4.69, 9.17) is 9.47 Å². The van der Waals surface area contributed by atoms with E-state index < -0.39 is 0 Å². The lowest BCUT2D eigenvalue weighted by Gasteiger charge is -2.17. The van der Waals surface area contributed by atoms with Gasteiger partial charge < -0.3 is 14.4 Å². The van der Waals surface area contributed by atoms with Gasteiger partial charge >= 0.3 is 0 Å². The zero-order valence-corrected chi connectivity index (χ0v) is 14.1. The highest BCUT2D eigenvalue weighted by molar-refractivity contribution is 7.11. The molecular formula is C17H20N2O3S. The summed E-state index contributed by atoms with van der Waals surface area (Å²) in [6.45, 7) is 5.26. The van der Waals surface area contributed by atoms with Crippen LogP contribution in [-0.4, -0.2) is 41.1 Å². The van der Waals surface area contributed by atoms with Gasteiger partial charge in [0.2, 0.25) is 0 Å². The van der Waals surface area contributed by atoms with Crippen LogP contribution in [0.3, 0.4) is 0 Å². The first-order valence-corrected chi connectivity index (χ1v) is 8.62. The van der Waals surface area contributed by atoms with Crippen molar-refractivity contribution in [3.8, 4) is 10.9 Å². The molecule has 1 saturated heterocycles. The lowest BCUT2D eigenvalue weighted by Crippen LogP contribution is -2.30. The number of thiazole rings is 1. The van der Waals surface area contributed by atoms with E-state index in [1.54, 1.807) is 6.20 Å². The summed E-state index contributed by atoms with van der Waals surface area (Å²) in [4.78, 5) is 18.5. The number of benzene rings is 1. The van der Waals surface area contributed by atoms with Gasteiger partial charge in [0.15, 0.2) is 0 Å². The summed E-state index contributed by atoms with van der Waals surface area (Å²) in [6.07, 6.45) is 2.70. The average molecular weight is 332 g/mol. The third kappa shape index (κ3) is 4.01. The standard InChI is InChI=1S/C17H20N2O3S/c1-12(2)21-14-5-3-13(4-6-14)16(20)19-9-7-15(11-19)22-17-18-8-10-23-17/h3-6,8,10,12,15H,7,9,11H2,1-2H3. The number of carbonyl (C=O) groups excluding carboxylic acids is 1. The first kappa shape index (κ1) is 15.8. The molecule has 1 aliphatic heterocycles. The Morgan fingerprint density at radius 2 is 2.13 bits per heavy atom. The van der Waals surface area contributed by atoms with Crippen molar-refractivity contribution in [2.75, 3.05) is 13.1 Å². The van der Waals surface area contributed by atoms with Gasteiger partial charge in [0.05, 0.1) is 12.6 Å². The van der Waals surface area contributed by atoms with Crippen molar-refractivity contribution in [2.45, 2.75) is 32.5 Å². The molecule has 23 heavy (non-hydrogen) atoms.